The van der Waals surface area contributed by atoms with Crippen LogP contribution in [0.4, 0.5) is 16.3 Å². The number of nitrogens with one attached hydrogen (secondary N) is 1. The quantitative estimate of drug-likeness (QED) is 0.913. The highest BCUT2D eigenvalue weighted by molar-refractivity contribution is 7.10. The van der Waals surface area contributed by atoms with E-state index < -0.39 is 0 Å². The molecule has 0 atom stereocenters. The summed E-state index contributed by atoms with van der Waals surface area (Å²) in [6.07, 6.45) is 2.75. The van der Waals surface area contributed by atoms with E-state index in [9.17, 15) is 4.79 Å². The van der Waals surface area contributed by atoms with E-state index in [-0.39, 0.29) is 11.9 Å². The van der Waals surface area contributed by atoms with Crippen LogP contribution in [0.3, 0.4) is 0 Å². The highest BCUT2D eigenvalue weighted by Crippen LogP contribution is 2.27. The lowest BCUT2D eigenvalue weighted by Gasteiger charge is -2.35. The number of nitrogens with zero attached hydrogens (tertiary/aromatic N) is 4. The standard InChI is InChI=1S/C17H17N5OS/c18-7-12-9-22(10-12)17(23)20-14-1-2-16(19-8-14)21-5-3-15-13(11-21)4-6-24-15/h1-2,4,6,8,12H,3,5,9-11H2,(H,20,23). The summed E-state index contributed by atoms with van der Waals surface area (Å²) in [6.45, 7) is 2.87. The number of fused-ring (bicyclic) bond motifs is 1. The van der Waals surface area contributed by atoms with Gasteiger partial charge in [0, 0.05) is 31.1 Å². The number of anilines is 2. The zero-order valence-corrected chi connectivity index (χ0v) is 13.9. The van der Waals surface area contributed by atoms with E-state index in [1.807, 2.05) is 23.5 Å². The molecular formula is C17H17N5OS. The fourth-order valence-electron chi connectivity index (χ4n) is 3.02. The summed E-state index contributed by atoms with van der Waals surface area (Å²) < 4.78 is 0. The molecule has 1 saturated heterocycles. The van der Waals surface area contributed by atoms with Gasteiger partial charge >= 0.3 is 6.03 Å². The van der Waals surface area contributed by atoms with Crippen molar-refractivity contribution >= 4 is 28.9 Å². The molecule has 0 spiro atoms. The van der Waals surface area contributed by atoms with Gasteiger partial charge in [-0.25, -0.2) is 9.78 Å². The van der Waals surface area contributed by atoms with Crippen molar-refractivity contribution in [2.75, 3.05) is 29.9 Å². The number of likely N-dealkylation sites (tertiary alicyclic amines) is 1. The van der Waals surface area contributed by atoms with Gasteiger partial charge in [0.1, 0.15) is 5.82 Å². The van der Waals surface area contributed by atoms with Crippen molar-refractivity contribution in [3.05, 3.63) is 40.2 Å². The summed E-state index contributed by atoms with van der Waals surface area (Å²) in [7, 11) is 0. The van der Waals surface area contributed by atoms with Crippen LogP contribution >= 0.6 is 11.3 Å². The van der Waals surface area contributed by atoms with Gasteiger partial charge in [-0.2, -0.15) is 5.26 Å². The molecule has 4 heterocycles. The number of rotatable bonds is 2. The van der Waals surface area contributed by atoms with Crippen LogP contribution in [0.2, 0.25) is 0 Å². The molecular weight excluding hydrogens is 322 g/mol. The molecule has 7 heteroatoms. The van der Waals surface area contributed by atoms with Crippen LogP contribution in [0.25, 0.3) is 0 Å². The average Bonchev–Trinajstić information content (AvgIpc) is 3.02. The van der Waals surface area contributed by atoms with Gasteiger partial charge in [-0.15, -0.1) is 11.3 Å². The number of carbonyl (C=O) groups is 1. The SMILES string of the molecule is N#CC1CN(C(=O)Nc2ccc(N3CCc4sccc4C3)nc2)C1. The van der Waals surface area contributed by atoms with Crippen LogP contribution in [-0.4, -0.2) is 35.5 Å². The number of thiophene rings is 1. The molecule has 4 rings (SSSR count). The molecule has 0 unspecified atom stereocenters. The second kappa shape index (κ2) is 6.13. The third kappa shape index (κ3) is 2.81. The summed E-state index contributed by atoms with van der Waals surface area (Å²) in [5.74, 6) is 0.899. The van der Waals surface area contributed by atoms with Gasteiger partial charge in [0.2, 0.25) is 0 Å². The van der Waals surface area contributed by atoms with Gasteiger partial charge in [-0.1, -0.05) is 0 Å². The third-order valence-electron chi connectivity index (χ3n) is 4.48. The van der Waals surface area contributed by atoms with Gasteiger partial charge in [-0.3, -0.25) is 0 Å². The first-order chi connectivity index (χ1) is 11.7. The predicted molar refractivity (Wildman–Crippen MR) is 93.0 cm³/mol. The number of nitriles is 1. The molecule has 0 aromatic carbocycles. The van der Waals surface area contributed by atoms with E-state index >= 15 is 0 Å². The summed E-state index contributed by atoms with van der Waals surface area (Å²) >= 11 is 1.82. The van der Waals surface area contributed by atoms with Crippen molar-refractivity contribution < 1.29 is 4.79 Å². The smallest absolute Gasteiger partial charge is 0.321 e. The third-order valence-corrected chi connectivity index (χ3v) is 5.51. The molecule has 2 aromatic heterocycles. The molecule has 2 aromatic rings. The monoisotopic (exact) mass is 339 g/mol. The van der Waals surface area contributed by atoms with E-state index in [0.717, 1.165) is 25.3 Å². The Bertz CT molecular complexity index is 788. The molecule has 1 N–H and O–H groups in total. The number of amides is 2. The van der Waals surface area contributed by atoms with Crippen LogP contribution < -0.4 is 10.2 Å². The van der Waals surface area contributed by atoms with E-state index in [2.05, 4.69) is 32.7 Å². The van der Waals surface area contributed by atoms with Gasteiger partial charge in [0.15, 0.2) is 0 Å². The molecule has 2 aliphatic rings. The Morgan fingerprint density at radius 1 is 1.38 bits per heavy atom. The van der Waals surface area contributed by atoms with Crippen LogP contribution in [0.1, 0.15) is 10.4 Å². The molecule has 0 saturated carbocycles. The van der Waals surface area contributed by atoms with E-state index in [1.54, 1.807) is 11.1 Å². The Hall–Kier alpha value is -2.59. The topological polar surface area (TPSA) is 72.3 Å². The molecule has 0 bridgehead atoms. The number of aromatic nitrogens is 1. The minimum Gasteiger partial charge on any atom is -0.352 e. The zero-order valence-electron chi connectivity index (χ0n) is 13.1. The lowest BCUT2D eigenvalue weighted by molar-refractivity contribution is 0.156. The van der Waals surface area contributed by atoms with Gasteiger partial charge in [0.05, 0.1) is 23.9 Å². The van der Waals surface area contributed by atoms with Crippen LogP contribution in [0, 0.1) is 17.2 Å². The fourth-order valence-corrected chi connectivity index (χ4v) is 3.91. The minimum absolute atomic E-state index is 0.0302. The fraction of sp³-hybridized carbons (Fsp3) is 0.353. The Kier molecular flexibility index (Phi) is 3.82. The first-order valence-electron chi connectivity index (χ1n) is 7.95. The van der Waals surface area contributed by atoms with Crippen molar-refractivity contribution in [1.29, 1.82) is 5.26 Å². The minimum atomic E-state index is -0.170. The Balaban J connectivity index is 1.37. The second-order valence-corrected chi connectivity index (χ2v) is 7.11. The highest BCUT2D eigenvalue weighted by atomic mass is 32.1. The molecule has 0 radical (unpaired) electrons. The van der Waals surface area contributed by atoms with Crippen LogP contribution in [0.5, 0.6) is 0 Å². The number of hydrogen-bond acceptors (Lipinski definition) is 5. The number of pyridine rings is 1. The second-order valence-electron chi connectivity index (χ2n) is 6.11. The normalized spacial score (nSPS) is 17.0. The molecule has 122 valence electrons. The Morgan fingerprint density at radius 2 is 2.25 bits per heavy atom. The summed E-state index contributed by atoms with van der Waals surface area (Å²) in [5.41, 5.74) is 2.06. The maximum absolute atomic E-state index is 12.0. The zero-order chi connectivity index (χ0) is 16.5. The lowest BCUT2D eigenvalue weighted by Crippen LogP contribution is -2.51. The largest absolute Gasteiger partial charge is 0.352 e. The van der Waals surface area contributed by atoms with E-state index in [4.69, 9.17) is 5.26 Å². The maximum atomic E-state index is 12.0. The van der Waals surface area contributed by atoms with Crippen LogP contribution in [0.15, 0.2) is 29.8 Å². The average molecular weight is 339 g/mol. The van der Waals surface area contributed by atoms with Gasteiger partial charge in [-0.05, 0) is 35.6 Å². The molecule has 1 fully saturated rings. The Morgan fingerprint density at radius 3 is 3.00 bits per heavy atom. The lowest BCUT2D eigenvalue weighted by atomic mass is 10.0. The molecule has 6 nitrogen and oxygen atoms in total. The van der Waals surface area contributed by atoms with Crippen molar-refractivity contribution in [2.24, 2.45) is 5.92 Å². The summed E-state index contributed by atoms with van der Waals surface area (Å²) in [5, 5.41) is 13.7. The predicted octanol–water partition coefficient (Wildman–Crippen LogP) is 2.69. The first-order valence-corrected chi connectivity index (χ1v) is 8.82. The number of urea groups is 1. The van der Waals surface area contributed by atoms with Crippen molar-refractivity contribution in [3.63, 3.8) is 0 Å². The first kappa shape index (κ1) is 15.0. The number of carbonyl (C=O) groups excluding carboxylic acids is 1. The van der Waals surface area contributed by atoms with Crippen molar-refractivity contribution in [2.45, 2.75) is 13.0 Å². The van der Waals surface area contributed by atoms with Crippen molar-refractivity contribution in [1.82, 2.24) is 9.88 Å². The Labute approximate surface area is 144 Å². The van der Waals surface area contributed by atoms with Crippen molar-refractivity contribution in [3.8, 4) is 6.07 Å². The molecule has 0 aliphatic carbocycles. The van der Waals surface area contributed by atoms with E-state index in [0.29, 0.717) is 18.8 Å². The van der Waals surface area contributed by atoms with Gasteiger partial charge < -0.3 is 15.1 Å². The molecule has 24 heavy (non-hydrogen) atoms. The number of hydrogen-bond donors (Lipinski definition) is 1. The summed E-state index contributed by atoms with van der Waals surface area (Å²) in [4.78, 5) is 21.9. The van der Waals surface area contributed by atoms with Crippen LogP contribution in [-0.2, 0) is 13.0 Å². The maximum Gasteiger partial charge on any atom is 0.321 e. The molecule has 2 amide bonds. The highest BCUT2D eigenvalue weighted by Gasteiger charge is 2.30. The van der Waals surface area contributed by atoms with E-state index in [1.165, 1.54) is 10.4 Å². The van der Waals surface area contributed by atoms with Gasteiger partial charge in [0.25, 0.3) is 0 Å². The summed E-state index contributed by atoms with van der Waals surface area (Å²) in [6, 6.07) is 8.00. The molecule has 2 aliphatic heterocycles.